The van der Waals surface area contributed by atoms with Gasteiger partial charge in [0.2, 0.25) is 0 Å². The van der Waals surface area contributed by atoms with E-state index in [1.807, 2.05) is 61.7 Å². The Labute approximate surface area is 188 Å². The molecule has 0 radical (unpaired) electrons. The Morgan fingerprint density at radius 1 is 1.03 bits per heavy atom. The van der Waals surface area contributed by atoms with Crippen LogP contribution < -0.4 is 20.5 Å². The highest BCUT2D eigenvalue weighted by atomic mass is 35.5. The third kappa shape index (κ3) is 6.51. The van der Waals surface area contributed by atoms with E-state index in [1.54, 1.807) is 25.6 Å². The van der Waals surface area contributed by atoms with E-state index in [1.165, 1.54) is 0 Å². The van der Waals surface area contributed by atoms with Gasteiger partial charge in [-0.3, -0.25) is 0 Å². The van der Waals surface area contributed by atoms with E-state index in [2.05, 4.69) is 5.32 Å². The average Bonchev–Trinajstić information content (AvgIpc) is 3.09. The second kappa shape index (κ2) is 10.7. The molecular weight excluding hydrogens is 429 g/mol. The summed E-state index contributed by atoms with van der Waals surface area (Å²) in [4.78, 5) is 4.77. The molecule has 0 aliphatic carbocycles. The molecule has 0 saturated carbocycles. The number of anilines is 2. The van der Waals surface area contributed by atoms with E-state index in [9.17, 15) is 0 Å². The predicted octanol–water partition coefficient (Wildman–Crippen LogP) is 5.69. The molecule has 0 fully saturated rings. The number of halogens is 2. The van der Waals surface area contributed by atoms with Gasteiger partial charge in [-0.05, 0) is 50.1 Å². The molecule has 0 amide bonds. The van der Waals surface area contributed by atoms with E-state index < -0.39 is 0 Å². The van der Waals surface area contributed by atoms with Crippen LogP contribution in [-0.2, 0) is 6.42 Å². The van der Waals surface area contributed by atoms with Crippen molar-refractivity contribution >= 4 is 47.0 Å². The van der Waals surface area contributed by atoms with Crippen molar-refractivity contribution in [1.82, 2.24) is 4.98 Å². The topological polar surface area (TPSA) is 69.4 Å². The minimum atomic E-state index is -0.352. The second-order valence-corrected chi connectivity index (χ2v) is 7.92. The van der Waals surface area contributed by atoms with Gasteiger partial charge in [0.25, 0.3) is 0 Å². The average molecular weight is 456 g/mol. The zero-order valence-electron chi connectivity index (χ0n) is 16.9. The van der Waals surface area contributed by atoms with Gasteiger partial charge in [0, 0.05) is 22.2 Å². The quantitative estimate of drug-likeness (QED) is 0.478. The van der Waals surface area contributed by atoms with E-state index in [-0.39, 0.29) is 30.4 Å². The second-order valence-electron chi connectivity index (χ2n) is 7.06. The van der Waals surface area contributed by atoms with Gasteiger partial charge in [0.05, 0.1) is 19.9 Å². The Balaban J connectivity index is 0.00000210. The number of thiazole rings is 1. The van der Waals surface area contributed by atoms with Crippen molar-refractivity contribution in [3.05, 3.63) is 53.4 Å². The summed E-state index contributed by atoms with van der Waals surface area (Å²) in [7, 11) is 3.28. The first-order chi connectivity index (χ1) is 12.9. The minimum Gasteiger partial charge on any atom is -0.493 e. The van der Waals surface area contributed by atoms with Crippen LogP contribution in [0, 0.1) is 0 Å². The smallest absolute Gasteiger partial charge is 0.187 e. The minimum absolute atomic E-state index is 0. The number of nitrogens with zero attached hydrogens (tertiary/aromatic N) is 1. The van der Waals surface area contributed by atoms with Gasteiger partial charge in [-0.15, -0.1) is 36.2 Å². The molecule has 1 heterocycles. The highest BCUT2D eigenvalue weighted by molar-refractivity contribution is 7.14. The lowest BCUT2D eigenvalue weighted by molar-refractivity contribution is 0.354. The zero-order valence-corrected chi connectivity index (χ0v) is 19.3. The number of hydrogen-bond acceptors (Lipinski definition) is 6. The molecule has 3 rings (SSSR count). The third-order valence-electron chi connectivity index (χ3n) is 4.06. The molecular formula is C21H27Cl2N3O2S. The molecule has 0 bridgehead atoms. The summed E-state index contributed by atoms with van der Waals surface area (Å²) >= 11 is 1.56. The number of benzene rings is 2. The number of methoxy groups -OCH3 is 2. The van der Waals surface area contributed by atoms with Crippen LogP contribution in [0.15, 0.2) is 47.8 Å². The molecule has 0 atom stereocenters. The fraction of sp³-hybridized carbons (Fsp3) is 0.286. The van der Waals surface area contributed by atoms with Gasteiger partial charge in [0.1, 0.15) is 0 Å². The standard InChI is InChI=1S/C21H25N3O2S.2ClH/c1-21(2,22)12-14-10-18(25-3)19(26-4)11-16(14)17-13-27-20(24-17)23-15-8-6-5-7-9-15;;/h5-11,13H,12,22H2,1-4H3,(H,23,24);2*1H. The summed E-state index contributed by atoms with van der Waals surface area (Å²) in [5, 5.41) is 6.22. The molecule has 0 unspecified atom stereocenters. The van der Waals surface area contributed by atoms with Crippen LogP contribution >= 0.6 is 36.2 Å². The Bertz CT molecular complexity index is 912. The van der Waals surface area contributed by atoms with Crippen LogP contribution in [0.3, 0.4) is 0 Å². The summed E-state index contributed by atoms with van der Waals surface area (Å²) < 4.78 is 11.0. The first-order valence-corrected chi connectivity index (χ1v) is 9.59. The highest BCUT2D eigenvalue weighted by Crippen LogP contribution is 2.38. The van der Waals surface area contributed by atoms with Crippen molar-refractivity contribution in [1.29, 1.82) is 0 Å². The normalized spacial score (nSPS) is 10.5. The van der Waals surface area contributed by atoms with Crippen molar-refractivity contribution in [3.8, 4) is 22.8 Å². The fourth-order valence-corrected chi connectivity index (χ4v) is 3.63. The van der Waals surface area contributed by atoms with Gasteiger partial charge < -0.3 is 20.5 Å². The number of nitrogens with one attached hydrogen (secondary N) is 1. The van der Waals surface area contributed by atoms with Crippen LogP contribution in [0.1, 0.15) is 19.4 Å². The Hall–Kier alpha value is -1.99. The number of para-hydroxylation sites is 1. The largest absolute Gasteiger partial charge is 0.493 e. The fourth-order valence-electron chi connectivity index (χ4n) is 2.90. The molecule has 3 aromatic rings. The van der Waals surface area contributed by atoms with Gasteiger partial charge >= 0.3 is 0 Å². The number of hydrogen-bond donors (Lipinski definition) is 2. The zero-order chi connectivity index (χ0) is 19.4. The number of aromatic nitrogens is 1. The van der Waals surface area contributed by atoms with E-state index in [4.69, 9.17) is 20.2 Å². The van der Waals surface area contributed by atoms with Crippen LogP contribution in [0.25, 0.3) is 11.3 Å². The SMILES string of the molecule is COc1cc(CC(C)(C)N)c(-c2csc(Nc3ccccc3)n2)cc1OC.Cl.Cl. The summed E-state index contributed by atoms with van der Waals surface area (Å²) in [6.45, 7) is 4.02. The molecule has 0 aliphatic rings. The van der Waals surface area contributed by atoms with Crippen molar-refractivity contribution in [2.24, 2.45) is 5.73 Å². The van der Waals surface area contributed by atoms with Crippen LogP contribution in [-0.4, -0.2) is 24.7 Å². The van der Waals surface area contributed by atoms with Crippen molar-refractivity contribution < 1.29 is 9.47 Å². The van der Waals surface area contributed by atoms with Gasteiger partial charge in [-0.2, -0.15) is 0 Å². The van der Waals surface area contributed by atoms with E-state index in [0.717, 1.165) is 27.6 Å². The Morgan fingerprint density at radius 2 is 1.66 bits per heavy atom. The maximum atomic E-state index is 6.28. The van der Waals surface area contributed by atoms with Crippen molar-refractivity contribution in [3.63, 3.8) is 0 Å². The maximum absolute atomic E-state index is 6.28. The number of nitrogens with two attached hydrogens (primary N) is 1. The molecule has 29 heavy (non-hydrogen) atoms. The van der Waals surface area contributed by atoms with Gasteiger partial charge in [-0.25, -0.2) is 4.98 Å². The molecule has 8 heteroatoms. The molecule has 158 valence electrons. The molecule has 2 aromatic carbocycles. The molecule has 0 spiro atoms. The van der Waals surface area contributed by atoms with E-state index >= 15 is 0 Å². The molecule has 1 aromatic heterocycles. The van der Waals surface area contributed by atoms with Crippen LogP contribution in [0.5, 0.6) is 11.5 Å². The van der Waals surface area contributed by atoms with Crippen molar-refractivity contribution in [2.75, 3.05) is 19.5 Å². The first kappa shape index (κ1) is 25.0. The lowest BCUT2D eigenvalue weighted by Crippen LogP contribution is -2.34. The predicted molar refractivity (Wildman–Crippen MR) is 127 cm³/mol. The summed E-state index contributed by atoms with van der Waals surface area (Å²) in [5.41, 5.74) is 9.91. The Morgan fingerprint density at radius 3 is 2.24 bits per heavy atom. The first-order valence-electron chi connectivity index (χ1n) is 8.71. The van der Waals surface area contributed by atoms with Gasteiger partial charge in [-0.1, -0.05) is 18.2 Å². The third-order valence-corrected chi connectivity index (χ3v) is 4.82. The maximum Gasteiger partial charge on any atom is 0.187 e. The summed E-state index contributed by atoms with van der Waals surface area (Å²) in [6, 6.07) is 14.0. The van der Waals surface area contributed by atoms with E-state index in [0.29, 0.717) is 17.9 Å². The van der Waals surface area contributed by atoms with Crippen molar-refractivity contribution in [2.45, 2.75) is 25.8 Å². The Kier molecular flexibility index (Phi) is 9.23. The summed E-state index contributed by atoms with van der Waals surface area (Å²) in [5.74, 6) is 1.37. The highest BCUT2D eigenvalue weighted by Gasteiger charge is 2.20. The monoisotopic (exact) mass is 455 g/mol. The summed E-state index contributed by atoms with van der Waals surface area (Å²) in [6.07, 6.45) is 0.696. The molecule has 5 nitrogen and oxygen atoms in total. The van der Waals surface area contributed by atoms with Crippen LogP contribution in [0.2, 0.25) is 0 Å². The molecule has 0 saturated heterocycles. The number of rotatable bonds is 7. The lowest BCUT2D eigenvalue weighted by atomic mass is 9.91. The van der Waals surface area contributed by atoms with Crippen LogP contribution in [0.4, 0.5) is 10.8 Å². The molecule has 3 N–H and O–H groups in total. The number of ether oxygens (including phenoxy) is 2. The van der Waals surface area contributed by atoms with Gasteiger partial charge in [0.15, 0.2) is 16.6 Å². The molecule has 0 aliphatic heterocycles. The lowest BCUT2D eigenvalue weighted by Gasteiger charge is -2.21.